The quantitative estimate of drug-likeness (QED) is 0.676. The third-order valence-corrected chi connectivity index (χ3v) is 4.62. The summed E-state index contributed by atoms with van der Waals surface area (Å²) < 4.78 is 0. The van der Waals surface area contributed by atoms with E-state index in [4.69, 9.17) is 0 Å². The summed E-state index contributed by atoms with van der Waals surface area (Å²) in [4.78, 5) is 26.4. The van der Waals surface area contributed by atoms with E-state index in [0.29, 0.717) is 12.5 Å². The summed E-state index contributed by atoms with van der Waals surface area (Å²) in [5, 5.41) is 10.9. The molecule has 126 valence electrons. The predicted molar refractivity (Wildman–Crippen MR) is 91.9 cm³/mol. The zero-order valence-corrected chi connectivity index (χ0v) is 13.5. The first-order valence-electron chi connectivity index (χ1n) is 8.24. The monoisotopic (exact) mass is 327 g/mol. The van der Waals surface area contributed by atoms with E-state index in [9.17, 15) is 14.9 Å². The van der Waals surface area contributed by atoms with Crippen LogP contribution in [-0.4, -0.2) is 27.9 Å². The van der Waals surface area contributed by atoms with Crippen molar-refractivity contribution in [2.45, 2.75) is 25.8 Å². The van der Waals surface area contributed by atoms with Gasteiger partial charge in [0, 0.05) is 18.8 Å². The lowest BCUT2D eigenvalue weighted by Crippen LogP contribution is -2.34. The number of nitro groups is 1. The van der Waals surface area contributed by atoms with E-state index in [1.807, 2.05) is 6.07 Å². The van der Waals surface area contributed by atoms with E-state index in [2.05, 4.69) is 34.1 Å². The first-order valence-corrected chi connectivity index (χ1v) is 8.24. The molecule has 24 heavy (non-hydrogen) atoms. The molecular weight excluding hydrogens is 306 g/mol. The molecule has 0 unspecified atom stereocenters. The zero-order chi connectivity index (χ0) is 16.9. The first-order chi connectivity index (χ1) is 11.6. The number of nitrogens with zero attached hydrogens (tertiary/aromatic N) is 2. The van der Waals surface area contributed by atoms with E-state index < -0.39 is 10.5 Å². The van der Waals surface area contributed by atoms with E-state index in [1.54, 1.807) is 6.20 Å². The number of hydrogen-bond acceptors (Lipinski definition) is 4. The largest absolute Gasteiger partial charge is 0.334 e. The van der Waals surface area contributed by atoms with Crippen LogP contribution in [0.1, 0.15) is 24.0 Å². The Labute approximate surface area is 140 Å². The van der Waals surface area contributed by atoms with Crippen molar-refractivity contribution in [1.82, 2.24) is 9.88 Å². The molecule has 0 atom stereocenters. The summed E-state index contributed by atoms with van der Waals surface area (Å²) in [6.45, 7) is 2.59. The highest BCUT2D eigenvalue weighted by Crippen LogP contribution is 2.23. The van der Waals surface area contributed by atoms with Crippen LogP contribution in [0.3, 0.4) is 0 Å². The van der Waals surface area contributed by atoms with Crippen LogP contribution in [0.15, 0.2) is 47.4 Å². The summed E-state index contributed by atoms with van der Waals surface area (Å²) in [6, 6.07) is 11.9. The number of rotatable bonds is 5. The number of hydrogen-bond donors (Lipinski definition) is 1. The van der Waals surface area contributed by atoms with Gasteiger partial charge in [0.25, 0.3) is 0 Å². The molecule has 0 bridgehead atoms. The van der Waals surface area contributed by atoms with E-state index in [0.717, 1.165) is 37.9 Å². The minimum absolute atomic E-state index is 0.383. The van der Waals surface area contributed by atoms with Gasteiger partial charge in [0.05, 0.1) is 4.92 Å². The van der Waals surface area contributed by atoms with Crippen LogP contribution in [-0.2, 0) is 13.0 Å². The maximum Gasteiger partial charge on any atom is 0.334 e. The summed E-state index contributed by atoms with van der Waals surface area (Å²) in [5.74, 6) is 0.688. The van der Waals surface area contributed by atoms with E-state index in [-0.39, 0.29) is 5.69 Å². The molecule has 3 rings (SSSR count). The molecule has 1 fully saturated rings. The molecule has 0 spiro atoms. The molecule has 1 aromatic carbocycles. The van der Waals surface area contributed by atoms with Gasteiger partial charge in [-0.1, -0.05) is 30.3 Å². The van der Waals surface area contributed by atoms with Gasteiger partial charge in [-0.2, -0.15) is 0 Å². The predicted octanol–water partition coefficient (Wildman–Crippen LogP) is 2.74. The fourth-order valence-corrected chi connectivity index (χ4v) is 3.30. The number of likely N-dealkylation sites (tertiary alicyclic amines) is 1. The van der Waals surface area contributed by atoms with Crippen molar-refractivity contribution >= 4 is 5.69 Å². The molecule has 0 aliphatic carbocycles. The molecule has 1 aliphatic rings. The van der Waals surface area contributed by atoms with Crippen molar-refractivity contribution in [3.05, 3.63) is 74.2 Å². The van der Waals surface area contributed by atoms with Gasteiger partial charge in [0.2, 0.25) is 0 Å². The van der Waals surface area contributed by atoms with Crippen LogP contribution < -0.4 is 5.56 Å². The lowest BCUT2D eigenvalue weighted by atomic mass is 9.90. The molecule has 2 aromatic rings. The second kappa shape index (κ2) is 7.40. The van der Waals surface area contributed by atoms with Crippen LogP contribution >= 0.6 is 0 Å². The minimum Gasteiger partial charge on any atom is -0.323 e. The molecule has 0 saturated carbocycles. The number of pyridine rings is 1. The van der Waals surface area contributed by atoms with Gasteiger partial charge < -0.3 is 4.98 Å². The minimum atomic E-state index is -0.648. The molecule has 1 aliphatic heterocycles. The third-order valence-electron chi connectivity index (χ3n) is 4.62. The van der Waals surface area contributed by atoms with Gasteiger partial charge in [-0.05, 0) is 49.4 Å². The third kappa shape index (κ3) is 4.08. The highest BCUT2D eigenvalue weighted by Gasteiger charge is 2.20. The normalized spacial score (nSPS) is 16.2. The highest BCUT2D eigenvalue weighted by molar-refractivity contribution is 5.30. The SMILES string of the molecule is O=c1[nH]cc(CN2CCC(Cc3ccccc3)CC2)cc1[N+](=O)[O-]. The van der Waals surface area contributed by atoms with Crippen molar-refractivity contribution in [3.63, 3.8) is 0 Å². The van der Waals surface area contributed by atoms with Crippen LogP contribution in [0, 0.1) is 16.0 Å². The fourth-order valence-electron chi connectivity index (χ4n) is 3.30. The van der Waals surface area contributed by atoms with Gasteiger partial charge in [0.1, 0.15) is 0 Å². The molecule has 0 amide bonds. The molecule has 6 heteroatoms. The van der Waals surface area contributed by atoms with Gasteiger partial charge in [-0.3, -0.25) is 19.8 Å². The molecular formula is C18H21N3O3. The summed E-state index contributed by atoms with van der Waals surface area (Å²) in [7, 11) is 0. The number of piperidine rings is 1. The van der Waals surface area contributed by atoms with Gasteiger partial charge in [-0.15, -0.1) is 0 Å². The van der Waals surface area contributed by atoms with E-state index in [1.165, 1.54) is 11.6 Å². The molecule has 6 nitrogen and oxygen atoms in total. The standard InChI is InChI=1S/C18H21N3O3/c22-18-17(21(23)24)11-16(12-19-18)13-20-8-6-15(7-9-20)10-14-4-2-1-3-5-14/h1-5,11-12,15H,6-10,13H2,(H,19,22). The first kappa shape index (κ1) is 16.4. The maximum atomic E-state index is 11.4. The number of H-pyrrole nitrogens is 1. The second-order valence-electron chi connectivity index (χ2n) is 6.39. The molecule has 1 saturated heterocycles. The van der Waals surface area contributed by atoms with Crippen LogP contribution in [0.2, 0.25) is 0 Å². The van der Waals surface area contributed by atoms with Crippen molar-refractivity contribution < 1.29 is 4.92 Å². The topological polar surface area (TPSA) is 79.2 Å². The van der Waals surface area contributed by atoms with Crippen molar-refractivity contribution in [3.8, 4) is 0 Å². The van der Waals surface area contributed by atoms with Crippen molar-refractivity contribution in [2.75, 3.05) is 13.1 Å². The fraction of sp³-hybridized carbons (Fsp3) is 0.389. The van der Waals surface area contributed by atoms with Gasteiger partial charge in [-0.25, -0.2) is 0 Å². The smallest absolute Gasteiger partial charge is 0.323 e. The van der Waals surface area contributed by atoms with Gasteiger partial charge >= 0.3 is 11.2 Å². The van der Waals surface area contributed by atoms with Crippen molar-refractivity contribution in [2.24, 2.45) is 5.92 Å². The number of nitrogens with one attached hydrogen (secondary N) is 1. The average molecular weight is 327 g/mol. The van der Waals surface area contributed by atoms with Crippen LogP contribution in [0.5, 0.6) is 0 Å². The Bertz CT molecular complexity index is 750. The Kier molecular flexibility index (Phi) is 5.05. The Hall–Kier alpha value is -2.47. The lowest BCUT2D eigenvalue weighted by molar-refractivity contribution is -0.386. The van der Waals surface area contributed by atoms with Crippen LogP contribution in [0.25, 0.3) is 0 Å². The number of aromatic nitrogens is 1. The molecule has 1 N–H and O–H groups in total. The number of aromatic amines is 1. The Morgan fingerprint density at radius 2 is 1.88 bits per heavy atom. The number of benzene rings is 1. The summed E-state index contributed by atoms with van der Waals surface area (Å²) in [5.41, 5.74) is 1.13. The highest BCUT2D eigenvalue weighted by atomic mass is 16.6. The summed E-state index contributed by atoms with van der Waals surface area (Å²) in [6.07, 6.45) is 4.94. The maximum absolute atomic E-state index is 11.4. The Morgan fingerprint density at radius 1 is 1.17 bits per heavy atom. The Balaban J connectivity index is 1.55. The Morgan fingerprint density at radius 3 is 2.54 bits per heavy atom. The van der Waals surface area contributed by atoms with Crippen LogP contribution in [0.4, 0.5) is 5.69 Å². The van der Waals surface area contributed by atoms with Crippen molar-refractivity contribution in [1.29, 1.82) is 0 Å². The molecule has 2 heterocycles. The molecule has 0 radical (unpaired) electrons. The lowest BCUT2D eigenvalue weighted by Gasteiger charge is -2.32. The summed E-state index contributed by atoms with van der Waals surface area (Å²) >= 11 is 0. The zero-order valence-electron chi connectivity index (χ0n) is 13.5. The second-order valence-corrected chi connectivity index (χ2v) is 6.39. The van der Waals surface area contributed by atoms with Gasteiger partial charge in [0.15, 0.2) is 0 Å². The molecule has 1 aromatic heterocycles. The van der Waals surface area contributed by atoms with E-state index >= 15 is 0 Å². The average Bonchev–Trinajstić information content (AvgIpc) is 2.59.